The van der Waals surface area contributed by atoms with E-state index in [4.69, 9.17) is 9.47 Å². The number of benzene rings is 1. The van der Waals surface area contributed by atoms with Crippen LogP contribution >= 0.6 is 0 Å². The summed E-state index contributed by atoms with van der Waals surface area (Å²) in [6.07, 6.45) is 2.76. The van der Waals surface area contributed by atoms with Crippen LogP contribution in [0, 0.1) is 11.8 Å². The van der Waals surface area contributed by atoms with Gasteiger partial charge in [0, 0.05) is 18.3 Å². The SMILES string of the molecule is O=C1C[C@@H]2[C@@H](C=C[C@@H](O)COc3ccccc3)[C@H](O)C[C@@H]2O1. The third-order valence-electron chi connectivity index (χ3n) is 4.29. The van der Waals surface area contributed by atoms with Crippen molar-refractivity contribution < 1.29 is 24.5 Å². The van der Waals surface area contributed by atoms with E-state index >= 15 is 0 Å². The highest BCUT2D eigenvalue weighted by atomic mass is 16.6. The summed E-state index contributed by atoms with van der Waals surface area (Å²) < 4.78 is 10.6. The number of aliphatic hydroxyl groups excluding tert-OH is 2. The van der Waals surface area contributed by atoms with Gasteiger partial charge in [-0.15, -0.1) is 0 Å². The fraction of sp³-hybridized carbons (Fsp3) is 0.471. The van der Waals surface area contributed by atoms with Gasteiger partial charge in [-0.25, -0.2) is 0 Å². The molecule has 0 amide bonds. The highest BCUT2D eigenvalue weighted by molar-refractivity contribution is 5.72. The van der Waals surface area contributed by atoms with Gasteiger partial charge >= 0.3 is 5.97 Å². The second-order valence-corrected chi connectivity index (χ2v) is 5.85. The molecular weight excluding hydrogens is 284 g/mol. The molecule has 1 aromatic rings. The van der Waals surface area contributed by atoms with E-state index < -0.39 is 12.2 Å². The van der Waals surface area contributed by atoms with Crippen LogP contribution in [0.15, 0.2) is 42.5 Å². The van der Waals surface area contributed by atoms with Gasteiger partial charge in [0.05, 0.1) is 12.5 Å². The zero-order valence-electron chi connectivity index (χ0n) is 12.2. The Morgan fingerprint density at radius 2 is 2.14 bits per heavy atom. The van der Waals surface area contributed by atoms with Crippen LogP contribution in [0.4, 0.5) is 0 Å². The number of para-hydroxylation sites is 1. The van der Waals surface area contributed by atoms with Crippen molar-refractivity contribution in [3.8, 4) is 5.75 Å². The van der Waals surface area contributed by atoms with Crippen molar-refractivity contribution in [2.24, 2.45) is 11.8 Å². The normalized spacial score (nSPS) is 32.0. The summed E-state index contributed by atoms with van der Waals surface area (Å²) in [6.45, 7) is 0.146. The van der Waals surface area contributed by atoms with E-state index in [-0.39, 0.29) is 30.5 Å². The molecule has 0 aromatic heterocycles. The lowest BCUT2D eigenvalue weighted by molar-refractivity contribution is -0.141. The molecule has 0 bridgehead atoms. The molecule has 5 atom stereocenters. The molecule has 1 aliphatic heterocycles. The van der Waals surface area contributed by atoms with E-state index in [9.17, 15) is 15.0 Å². The molecule has 3 rings (SSSR count). The van der Waals surface area contributed by atoms with E-state index in [1.807, 2.05) is 30.3 Å². The van der Waals surface area contributed by atoms with Crippen molar-refractivity contribution in [2.45, 2.75) is 31.2 Å². The van der Waals surface area contributed by atoms with E-state index in [1.165, 1.54) is 0 Å². The van der Waals surface area contributed by atoms with Crippen LogP contribution < -0.4 is 4.74 Å². The summed E-state index contributed by atoms with van der Waals surface area (Å²) in [5.41, 5.74) is 0. The number of ether oxygens (including phenoxy) is 2. The number of rotatable bonds is 5. The summed E-state index contributed by atoms with van der Waals surface area (Å²) in [5, 5.41) is 20.0. The average Bonchev–Trinajstić information content (AvgIpc) is 2.99. The number of hydrogen-bond donors (Lipinski definition) is 2. The smallest absolute Gasteiger partial charge is 0.306 e. The maximum absolute atomic E-state index is 11.3. The molecule has 2 fully saturated rings. The first-order chi connectivity index (χ1) is 10.6. The second-order valence-electron chi connectivity index (χ2n) is 5.85. The van der Waals surface area contributed by atoms with Gasteiger partial charge < -0.3 is 19.7 Å². The number of aliphatic hydroxyl groups is 2. The van der Waals surface area contributed by atoms with Crippen LogP contribution in [-0.4, -0.2) is 41.1 Å². The molecular formula is C17H20O5. The summed E-state index contributed by atoms with van der Waals surface area (Å²) in [6, 6.07) is 9.27. The highest BCUT2D eigenvalue weighted by Crippen LogP contribution is 2.42. The average molecular weight is 304 g/mol. The van der Waals surface area contributed by atoms with Gasteiger partial charge in [0.25, 0.3) is 0 Å². The minimum Gasteiger partial charge on any atom is -0.491 e. The van der Waals surface area contributed by atoms with Gasteiger partial charge in [0.15, 0.2) is 0 Å². The molecule has 1 heterocycles. The number of carbonyl (C=O) groups excluding carboxylic acids is 1. The molecule has 1 aromatic carbocycles. The number of carbonyl (C=O) groups is 1. The Labute approximate surface area is 129 Å². The van der Waals surface area contributed by atoms with Gasteiger partial charge in [0.2, 0.25) is 0 Å². The van der Waals surface area contributed by atoms with Crippen molar-refractivity contribution >= 4 is 5.97 Å². The first-order valence-corrected chi connectivity index (χ1v) is 7.55. The van der Waals surface area contributed by atoms with Gasteiger partial charge in [-0.3, -0.25) is 4.79 Å². The molecule has 5 heteroatoms. The van der Waals surface area contributed by atoms with Crippen molar-refractivity contribution in [3.63, 3.8) is 0 Å². The maximum Gasteiger partial charge on any atom is 0.306 e. The maximum atomic E-state index is 11.3. The molecule has 1 saturated carbocycles. The fourth-order valence-corrected chi connectivity index (χ4v) is 3.20. The van der Waals surface area contributed by atoms with Gasteiger partial charge in [-0.1, -0.05) is 30.4 Å². The van der Waals surface area contributed by atoms with Crippen LogP contribution in [0.1, 0.15) is 12.8 Å². The highest BCUT2D eigenvalue weighted by Gasteiger charge is 2.48. The Morgan fingerprint density at radius 1 is 1.36 bits per heavy atom. The van der Waals surface area contributed by atoms with E-state index in [2.05, 4.69) is 0 Å². The van der Waals surface area contributed by atoms with Gasteiger partial charge in [-0.2, -0.15) is 0 Å². The predicted molar refractivity (Wildman–Crippen MR) is 79.2 cm³/mol. The number of hydrogen-bond acceptors (Lipinski definition) is 5. The second kappa shape index (κ2) is 6.50. The standard InChI is InChI=1S/C17H20O5/c18-11(10-21-12-4-2-1-3-5-12)6-7-13-14-8-17(20)22-16(14)9-15(13)19/h1-7,11,13-16,18-19H,8-10H2/t11-,13-,14-,15-,16+/m1/s1. The topological polar surface area (TPSA) is 76.0 Å². The van der Waals surface area contributed by atoms with E-state index in [1.54, 1.807) is 12.2 Å². The lowest BCUT2D eigenvalue weighted by Gasteiger charge is -2.15. The quantitative estimate of drug-likeness (QED) is 0.633. The van der Waals surface area contributed by atoms with E-state index in [0.29, 0.717) is 18.6 Å². The van der Waals surface area contributed by atoms with Crippen molar-refractivity contribution in [1.82, 2.24) is 0 Å². The number of esters is 1. The zero-order valence-corrected chi connectivity index (χ0v) is 12.2. The molecule has 22 heavy (non-hydrogen) atoms. The summed E-state index contributed by atoms with van der Waals surface area (Å²) in [7, 11) is 0. The minimum absolute atomic E-state index is 0.0148. The van der Waals surface area contributed by atoms with Crippen molar-refractivity contribution in [1.29, 1.82) is 0 Å². The van der Waals surface area contributed by atoms with Crippen molar-refractivity contribution in [3.05, 3.63) is 42.5 Å². The van der Waals surface area contributed by atoms with Crippen LogP contribution in [0.25, 0.3) is 0 Å². The number of fused-ring (bicyclic) bond motifs is 1. The lowest BCUT2D eigenvalue weighted by Crippen LogP contribution is -2.20. The largest absolute Gasteiger partial charge is 0.491 e. The Bertz CT molecular complexity index is 541. The molecule has 2 aliphatic rings. The monoisotopic (exact) mass is 304 g/mol. The predicted octanol–water partition coefficient (Wildman–Crippen LogP) is 1.29. The summed E-state index contributed by atoms with van der Waals surface area (Å²) in [5.74, 6) is 0.364. The Hall–Kier alpha value is -1.85. The summed E-state index contributed by atoms with van der Waals surface area (Å²) in [4.78, 5) is 11.3. The molecule has 0 radical (unpaired) electrons. The first kappa shape index (κ1) is 15.1. The van der Waals surface area contributed by atoms with Crippen LogP contribution in [0.3, 0.4) is 0 Å². The molecule has 0 unspecified atom stereocenters. The Morgan fingerprint density at radius 3 is 2.91 bits per heavy atom. The van der Waals surface area contributed by atoms with Crippen LogP contribution in [-0.2, 0) is 9.53 Å². The summed E-state index contributed by atoms with van der Waals surface area (Å²) >= 11 is 0. The molecule has 2 N–H and O–H groups in total. The van der Waals surface area contributed by atoms with Crippen molar-refractivity contribution in [2.75, 3.05) is 6.61 Å². The third kappa shape index (κ3) is 3.31. The molecule has 1 aliphatic carbocycles. The zero-order chi connectivity index (χ0) is 15.5. The van der Waals surface area contributed by atoms with Gasteiger partial charge in [-0.05, 0) is 12.1 Å². The molecule has 5 nitrogen and oxygen atoms in total. The third-order valence-corrected chi connectivity index (χ3v) is 4.29. The van der Waals surface area contributed by atoms with E-state index in [0.717, 1.165) is 0 Å². The van der Waals surface area contributed by atoms with Crippen LogP contribution in [0.2, 0.25) is 0 Å². The molecule has 118 valence electrons. The first-order valence-electron chi connectivity index (χ1n) is 7.55. The minimum atomic E-state index is -0.760. The Kier molecular flexibility index (Phi) is 4.45. The van der Waals surface area contributed by atoms with Crippen LogP contribution in [0.5, 0.6) is 5.75 Å². The molecule has 1 saturated heterocycles. The lowest BCUT2D eigenvalue weighted by atomic mass is 9.91. The molecule has 0 spiro atoms. The fourth-order valence-electron chi connectivity index (χ4n) is 3.20. The Balaban J connectivity index is 1.53. The van der Waals surface area contributed by atoms with Gasteiger partial charge in [0.1, 0.15) is 24.6 Å².